The Morgan fingerprint density at radius 3 is 2.27 bits per heavy atom. The molecule has 0 unspecified atom stereocenters. The lowest BCUT2D eigenvalue weighted by atomic mass is 10.1. The van der Waals surface area contributed by atoms with Crippen molar-refractivity contribution in [2.45, 2.75) is 51.6 Å². The zero-order chi connectivity index (χ0) is 16.3. The second kappa shape index (κ2) is 7.87. The van der Waals surface area contributed by atoms with Crippen LogP contribution < -0.4 is 5.32 Å². The van der Waals surface area contributed by atoms with Crippen molar-refractivity contribution in [1.82, 2.24) is 4.90 Å². The minimum absolute atomic E-state index is 0.105. The van der Waals surface area contributed by atoms with E-state index in [0.717, 1.165) is 12.8 Å². The summed E-state index contributed by atoms with van der Waals surface area (Å²) in [6, 6.07) is 3.95. The zero-order valence-corrected chi connectivity index (χ0v) is 15.1. The highest BCUT2D eigenvalue weighted by atomic mass is 35.5. The Hall–Kier alpha value is -0.480. The van der Waals surface area contributed by atoms with Gasteiger partial charge < -0.3 is 5.32 Å². The van der Waals surface area contributed by atoms with Gasteiger partial charge in [-0.3, -0.25) is 9.69 Å². The van der Waals surface area contributed by atoms with Crippen molar-refractivity contribution in [3.63, 3.8) is 0 Å². The minimum atomic E-state index is -0.105. The van der Waals surface area contributed by atoms with Gasteiger partial charge in [-0.2, -0.15) is 0 Å². The van der Waals surface area contributed by atoms with Gasteiger partial charge >= 0.3 is 0 Å². The number of benzene rings is 1. The smallest absolute Gasteiger partial charge is 0.238 e. The van der Waals surface area contributed by atoms with Gasteiger partial charge in [-0.1, -0.05) is 47.6 Å². The standard InChI is InChI=1S/C16H21Cl3N2O/c1-10(2)21(12-5-3-4-6-12)9-15(22)20-16-13(18)7-11(17)8-14(16)19/h7-8,10,12H,3-6,9H2,1-2H3,(H,20,22). The first-order valence-corrected chi connectivity index (χ1v) is 8.72. The van der Waals surface area contributed by atoms with E-state index in [1.54, 1.807) is 12.1 Å². The molecule has 0 aliphatic heterocycles. The Bertz CT molecular complexity index is 519. The molecule has 1 aromatic carbocycles. The second-order valence-corrected chi connectivity index (χ2v) is 7.25. The molecule has 1 amide bonds. The molecule has 1 fully saturated rings. The Labute approximate surface area is 146 Å². The first-order valence-electron chi connectivity index (χ1n) is 7.58. The largest absolute Gasteiger partial charge is 0.322 e. The van der Waals surface area contributed by atoms with Gasteiger partial charge in [0.25, 0.3) is 0 Å². The molecule has 3 nitrogen and oxygen atoms in total. The summed E-state index contributed by atoms with van der Waals surface area (Å²) in [7, 11) is 0. The molecule has 1 aromatic rings. The Morgan fingerprint density at radius 1 is 1.23 bits per heavy atom. The zero-order valence-electron chi connectivity index (χ0n) is 12.8. The molecule has 1 aliphatic rings. The molecular formula is C16H21Cl3N2O. The number of nitrogens with one attached hydrogen (secondary N) is 1. The van der Waals surface area contributed by atoms with Crippen LogP contribution in [0.2, 0.25) is 15.1 Å². The van der Waals surface area contributed by atoms with E-state index in [1.807, 2.05) is 0 Å². The fourth-order valence-corrected chi connectivity index (χ4v) is 3.89. The van der Waals surface area contributed by atoms with Crippen molar-refractivity contribution in [1.29, 1.82) is 0 Å². The predicted octanol–water partition coefficient (Wildman–Crippen LogP) is 5.24. The summed E-state index contributed by atoms with van der Waals surface area (Å²) in [6.45, 7) is 4.58. The SMILES string of the molecule is CC(C)N(CC(=O)Nc1c(Cl)cc(Cl)cc1Cl)C1CCCC1. The summed E-state index contributed by atoms with van der Waals surface area (Å²) in [5.74, 6) is -0.105. The Kier molecular flexibility index (Phi) is 6.39. The molecule has 22 heavy (non-hydrogen) atoms. The number of rotatable bonds is 5. The lowest BCUT2D eigenvalue weighted by Crippen LogP contribution is -2.43. The fourth-order valence-electron chi connectivity index (χ4n) is 2.98. The van der Waals surface area contributed by atoms with E-state index >= 15 is 0 Å². The van der Waals surface area contributed by atoms with E-state index in [4.69, 9.17) is 34.8 Å². The van der Waals surface area contributed by atoms with Crippen molar-refractivity contribution < 1.29 is 4.79 Å². The average molecular weight is 364 g/mol. The lowest BCUT2D eigenvalue weighted by molar-refractivity contribution is -0.118. The molecule has 0 aromatic heterocycles. The number of hydrogen-bond acceptors (Lipinski definition) is 2. The van der Waals surface area contributed by atoms with Crippen LogP contribution in [-0.2, 0) is 4.79 Å². The first kappa shape index (κ1) is 17.9. The van der Waals surface area contributed by atoms with Gasteiger partial charge in [-0.05, 0) is 38.8 Å². The maximum atomic E-state index is 12.4. The van der Waals surface area contributed by atoms with Crippen LogP contribution in [0.5, 0.6) is 0 Å². The van der Waals surface area contributed by atoms with Crippen LogP contribution in [0.4, 0.5) is 5.69 Å². The van der Waals surface area contributed by atoms with Crippen LogP contribution in [0.15, 0.2) is 12.1 Å². The highest BCUT2D eigenvalue weighted by Crippen LogP contribution is 2.33. The summed E-state index contributed by atoms with van der Waals surface area (Å²) in [5, 5.41) is 3.96. The van der Waals surface area contributed by atoms with E-state index < -0.39 is 0 Å². The van der Waals surface area contributed by atoms with Crippen LogP contribution in [0.3, 0.4) is 0 Å². The number of nitrogens with zero attached hydrogens (tertiary/aromatic N) is 1. The average Bonchev–Trinajstić information content (AvgIpc) is 2.93. The van der Waals surface area contributed by atoms with Gasteiger partial charge in [0.05, 0.1) is 22.3 Å². The van der Waals surface area contributed by atoms with Gasteiger partial charge in [0.1, 0.15) is 0 Å². The van der Waals surface area contributed by atoms with Gasteiger partial charge in [0.2, 0.25) is 5.91 Å². The van der Waals surface area contributed by atoms with Crippen LogP contribution in [0, 0.1) is 0 Å². The summed E-state index contributed by atoms with van der Waals surface area (Å²) < 4.78 is 0. The van der Waals surface area contributed by atoms with Gasteiger partial charge in [0, 0.05) is 17.1 Å². The van der Waals surface area contributed by atoms with E-state index in [9.17, 15) is 4.79 Å². The molecule has 122 valence electrons. The predicted molar refractivity (Wildman–Crippen MR) is 94.2 cm³/mol. The van der Waals surface area contributed by atoms with Crippen molar-refractivity contribution in [2.75, 3.05) is 11.9 Å². The molecular weight excluding hydrogens is 343 g/mol. The summed E-state index contributed by atoms with van der Waals surface area (Å²) >= 11 is 18.1. The van der Waals surface area contributed by atoms with Crippen molar-refractivity contribution in [2.24, 2.45) is 0 Å². The number of amides is 1. The fraction of sp³-hybridized carbons (Fsp3) is 0.562. The monoisotopic (exact) mass is 362 g/mol. The quantitative estimate of drug-likeness (QED) is 0.776. The van der Waals surface area contributed by atoms with Crippen LogP contribution >= 0.6 is 34.8 Å². The maximum Gasteiger partial charge on any atom is 0.238 e. The molecule has 0 atom stereocenters. The van der Waals surface area contributed by atoms with Gasteiger partial charge in [0.15, 0.2) is 0 Å². The summed E-state index contributed by atoms with van der Waals surface area (Å²) in [4.78, 5) is 14.6. The molecule has 1 saturated carbocycles. The molecule has 1 N–H and O–H groups in total. The van der Waals surface area contributed by atoms with Crippen LogP contribution in [0.25, 0.3) is 0 Å². The molecule has 0 saturated heterocycles. The molecule has 6 heteroatoms. The second-order valence-electron chi connectivity index (χ2n) is 6.00. The topological polar surface area (TPSA) is 32.3 Å². The Balaban J connectivity index is 2.05. The van der Waals surface area contributed by atoms with E-state index in [1.165, 1.54) is 12.8 Å². The Morgan fingerprint density at radius 2 is 1.77 bits per heavy atom. The first-order chi connectivity index (χ1) is 10.4. The molecule has 1 aliphatic carbocycles. The molecule has 0 bridgehead atoms. The third-order valence-electron chi connectivity index (χ3n) is 4.05. The normalized spacial score (nSPS) is 15.8. The molecule has 2 rings (SSSR count). The third-order valence-corrected chi connectivity index (χ3v) is 4.87. The number of anilines is 1. The molecule has 0 spiro atoms. The number of carbonyl (C=O) groups is 1. The summed E-state index contributed by atoms with van der Waals surface area (Å²) in [5.41, 5.74) is 0.424. The lowest BCUT2D eigenvalue weighted by Gasteiger charge is -2.31. The highest BCUT2D eigenvalue weighted by Gasteiger charge is 2.26. The third kappa shape index (κ3) is 4.51. The number of hydrogen-bond donors (Lipinski definition) is 1. The number of halogens is 3. The minimum Gasteiger partial charge on any atom is -0.322 e. The van der Waals surface area contributed by atoms with Crippen molar-refractivity contribution >= 4 is 46.4 Å². The molecule has 0 heterocycles. The van der Waals surface area contributed by atoms with Crippen molar-refractivity contribution in [3.8, 4) is 0 Å². The van der Waals surface area contributed by atoms with E-state index in [-0.39, 0.29) is 5.91 Å². The van der Waals surface area contributed by atoms with Crippen molar-refractivity contribution in [3.05, 3.63) is 27.2 Å². The maximum absolute atomic E-state index is 12.4. The highest BCUT2D eigenvalue weighted by molar-refractivity contribution is 6.42. The van der Waals surface area contributed by atoms with E-state index in [0.29, 0.717) is 39.4 Å². The van der Waals surface area contributed by atoms with Gasteiger partial charge in [-0.25, -0.2) is 0 Å². The van der Waals surface area contributed by atoms with Crippen LogP contribution in [0.1, 0.15) is 39.5 Å². The van der Waals surface area contributed by atoms with E-state index in [2.05, 4.69) is 24.1 Å². The molecule has 0 radical (unpaired) electrons. The summed E-state index contributed by atoms with van der Waals surface area (Å²) in [6.07, 6.45) is 4.80. The number of carbonyl (C=O) groups excluding carboxylic acids is 1. The van der Waals surface area contributed by atoms with Crippen LogP contribution in [-0.4, -0.2) is 29.4 Å². The van der Waals surface area contributed by atoms with Gasteiger partial charge in [-0.15, -0.1) is 0 Å².